The number of aliphatic hydroxyl groups excluding tert-OH is 8. The van der Waals surface area contributed by atoms with Crippen molar-refractivity contribution in [1.82, 2.24) is 0 Å². The number of hydrogen-bond acceptors (Lipinski definition) is 16. The molecule has 0 unspecified atom stereocenters. The second kappa shape index (κ2) is 16.7. The Balaban J connectivity index is 0.859. The van der Waals surface area contributed by atoms with E-state index in [-0.39, 0.29) is 29.6 Å². The van der Waals surface area contributed by atoms with Gasteiger partial charge < -0.3 is 78.7 Å². The van der Waals surface area contributed by atoms with Crippen LogP contribution in [-0.2, 0) is 37.9 Å². The Kier molecular flexibility index (Phi) is 12.4. The molecule has 5 heterocycles. The van der Waals surface area contributed by atoms with Crippen molar-refractivity contribution in [2.75, 3.05) is 19.8 Å². The van der Waals surface area contributed by atoms with Crippen molar-refractivity contribution in [1.29, 1.82) is 0 Å². The molecule has 0 bridgehead atoms. The average Bonchev–Trinajstić information content (AvgIpc) is 3.67. The summed E-state index contributed by atoms with van der Waals surface area (Å²) in [5, 5.41) is 85.1. The molecule has 0 aromatic heterocycles. The predicted molar refractivity (Wildman–Crippen MR) is 208 cm³/mol. The minimum Gasteiger partial charge on any atom is -0.388 e. The van der Waals surface area contributed by atoms with Gasteiger partial charge in [-0.05, 0) is 111 Å². The lowest BCUT2D eigenvalue weighted by molar-refractivity contribution is -0.363. The van der Waals surface area contributed by atoms with E-state index in [4.69, 9.17) is 37.9 Å². The summed E-state index contributed by atoms with van der Waals surface area (Å²) >= 11 is 0. The van der Waals surface area contributed by atoms with Gasteiger partial charge >= 0.3 is 0 Å². The number of aliphatic hydroxyl groups is 8. The third-order valence-corrected chi connectivity index (χ3v) is 17.8. The van der Waals surface area contributed by atoms with E-state index in [0.29, 0.717) is 41.4 Å². The highest BCUT2D eigenvalue weighted by Crippen LogP contribution is 2.71. The molecule has 5 saturated heterocycles. The maximum absolute atomic E-state index is 11.6. The lowest BCUT2D eigenvalue weighted by atomic mass is 9.44. The second-order valence-electron chi connectivity index (χ2n) is 21.1. The topological polar surface area (TPSA) is 236 Å². The standard InChI is InChI=1S/C44H72O16/c1-19-8-13-44(55-16-19)20(2)30-28(60-44)15-26-24-7-6-22-14-23(9-11-42(22,4)25(24)10-12-43(26,30)5)57-41-37(52)34(49)38(59-40-35(50)32(47)27(45)17-53-40)29(58-41)18-54-39-36(51)33(48)31(46)21(3)56-39/h19-41,45-52H,6-18H2,1-5H3/t19-,20-,21-,22+,23-,24+,25-,26-,27+,28-,29+,30-,31-,32+,33+,34+,35-,36+,37+,38+,39+,40-,41+,42-,43-,44+/m0/s1. The van der Waals surface area contributed by atoms with Crippen LogP contribution in [0.3, 0.4) is 0 Å². The first kappa shape index (κ1) is 44.6. The van der Waals surface area contributed by atoms with Crippen LogP contribution >= 0.6 is 0 Å². The van der Waals surface area contributed by atoms with Crippen LogP contribution in [0.5, 0.6) is 0 Å². The second-order valence-corrected chi connectivity index (χ2v) is 21.1. The Bertz CT molecular complexity index is 1500. The lowest BCUT2D eigenvalue weighted by Crippen LogP contribution is -2.64. The maximum Gasteiger partial charge on any atom is 0.186 e. The summed E-state index contributed by atoms with van der Waals surface area (Å²) in [7, 11) is 0. The quantitative estimate of drug-likeness (QED) is 0.166. The van der Waals surface area contributed by atoms with Crippen molar-refractivity contribution < 1.29 is 78.7 Å². The Morgan fingerprint density at radius 2 is 1.37 bits per heavy atom. The summed E-state index contributed by atoms with van der Waals surface area (Å²) < 4.78 is 49.3. The molecule has 9 fully saturated rings. The largest absolute Gasteiger partial charge is 0.388 e. The van der Waals surface area contributed by atoms with Crippen molar-refractivity contribution in [3.05, 3.63) is 0 Å². The first-order chi connectivity index (χ1) is 28.5. The Hall–Kier alpha value is -0.640. The van der Waals surface area contributed by atoms with Crippen LogP contribution in [0.1, 0.15) is 98.8 Å². The molecule has 0 aromatic carbocycles. The van der Waals surface area contributed by atoms with Crippen molar-refractivity contribution in [2.24, 2.45) is 52.3 Å². The van der Waals surface area contributed by atoms with Gasteiger partial charge in [-0.1, -0.05) is 27.7 Å². The summed E-state index contributed by atoms with van der Waals surface area (Å²) in [6, 6.07) is 0. The molecule has 9 rings (SSSR count). The van der Waals surface area contributed by atoms with Gasteiger partial charge in [0.15, 0.2) is 24.7 Å². The number of fused-ring (bicyclic) bond motifs is 7. The molecule has 1 spiro atoms. The summed E-state index contributed by atoms with van der Waals surface area (Å²) in [4.78, 5) is 0. The highest BCUT2D eigenvalue weighted by molar-refractivity contribution is 5.15. The molecule has 4 aliphatic carbocycles. The van der Waals surface area contributed by atoms with Gasteiger partial charge in [-0.2, -0.15) is 0 Å². The third kappa shape index (κ3) is 7.36. The average molecular weight is 857 g/mol. The summed E-state index contributed by atoms with van der Waals surface area (Å²) in [6.45, 7) is 11.3. The molecule has 0 radical (unpaired) electrons. The van der Waals surface area contributed by atoms with Gasteiger partial charge in [0, 0.05) is 12.3 Å². The van der Waals surface area contributed by atoms with E-state index in [1.54, 1.807) is 0 Å². The molecule has 16 heteroatoms. The summed E-state index contributed by atoms with van der Waals surface area (Å²) in [5.41, 5.74) is 0.388. The minimum atomic E-state index is -1.68. The molecule has 16 nitrogen and oxygen atoms in total. The highest BCUT2D eigenvalue weighted by Gasteiger charge is 2.69. The number of ether oxygens (including phenoxy) is 8. The zero-order valence-corrected chi connectivity index (χ0v) is 35.8. The van der Waals surface area contributed by atoms with Gasteiger partial charge in [0.25, 0.3) is 0 Å². The minimum absolute atomic E-state index is 0.147. The monoisotopic (exact) mass is 856 g/mol. The van der Waals surface area contributed by atoms with Gasteiger partial charge in [0.1, 0.15) is 61.0 Å². The van der Waals surface area contributed by atoms with Crippen molar-refractivity contribution >= 4 is 0 Å². The van der Waals surface area contributed by atoms with E-state index in [1.807, 2.05) is 0 Å². The molecule has 0 amide bonds. The van der Waals surface area contributed by atoms with Gasteiger partial charge in [-0.25, -0.2) is 0 Å². The smallest absolute Gasteiger partial charge is 0.186 e. The summed E-state index contributed by atoms with van der Waals surface area (Å²) in [6.07, 6.45) is -9.49. The predicted octanol–water partition coefficient (Wildman–Crippen LogP) is 0.933. The van der Waals surface area contributed by atoms with E-state index < -0.39 is 98.4 Å². The molecular formula is C44H72O16. The number of hydrogen-bond donors (Lipinski definition) is 8. The van der Waals surface area contributed by atoms with E-state index in [0.717, 1.165) is 51.6 Å². The van der Waals surface area contributed by atoms with Crippen LogP contribution in [0.15, 0.2) is 0 Å². The zero-order valence-electron chi connectivity index (χ0n) is 35.8. The van der Waals surface area contributed by atoms with Crippen LogP contribution in [-0.4, -0.2) is 165 Å². The fourth-order valence-corrected chi connectivity index (χ4v) is 14.3. The van der Waals surface area contributed by atoms with Gasteiger partial charge in [0.05, 0.1) is 38.1 Å². The molecule has 344 valence electrons. The van der Waals surface area contributed by atoms with E-state index in [2.05, 4.69) is 27.7 Å². The van der Waals surface area contributed by atoms with Gasteiger partial charge in [0.2, 0.25) is 0 Å². The van der Waals surface area contributed by atoms with E-state index >= 15 is 0 Å². The number of rotatable bonds is 7. The van der Waals surface area contributed by atoms with Crippen molar-refractivity contribution in [2.45, 2.75) is 203 Å². The molecule has 26 atom stereocenters. The first-order valence-corrected chi connectivity index (χ1v) is 23.1. The lowest BCUT2D eigenvalue weighted by Gasteiger charge is -2.61. The van der Waals surface area contributed by atoms with Crippen LogP contribution in [0.4, 0.5) is 0 Å². The van der Waals surface area contributed by atoms with E-state index in [1.165, 1.54) is 26.2 Å². The molecule has 0 aromatic rings. The SMILES string of the molecule is C[C@H]1CC[C@@]2(OC1)O[C@H]1C[C@H]3[C@@H]4CC[C@@H]5C[C@@H](O[C@@H]6O[C@H](CO[C@@H]7O[C@@H](C)[C@H](O)[C@@H](O)[C@H]7O)[C@@H](O[C@@H]7OC[C@@H](O)[C@@H](O)[C@@H]7O)[C@H](O)[C@H]6O)CC[C@]5(C)[C@H]4CC[C@]3(C)[C@H]1[C@@H]2C. The zero-order chi connectivity index (χ0) is 42.6. The highest BCUT2D eigenvalue weighted by atomic mass is 16.8. The fraction of sp³-hybridized carbons (Fsp3) is 1.00. The third-order valence-electron chi connectivity index (χ3n) is 17.8. The van der Waals surface area contributed by atoms with Crippen LogP contribution in [0.25, 0.3) is 0 Å². The Morgan fingerprint density at radius 1 is 0.633 bits per heavy atom. The summed E-state index contributed by atoms with van der Waals surface area (Å²) in [5.74, 6) is 3.38. The van der Waals surface area contributed by atoms with Crippen LogP contribution < -0.4 is 0 Å². The van der Waals surface area contributed by atoms with Crippen LogP contribution in [0, 0.1) is 52.3 Å². The van der Waals surface area contributed by atoms with Crippen molar-refractivity contribution in [3.63, 3.8) is 0 Å². The molecule has 5 aliphatic heterocycles. The molecule has 60 heavy (non-hydrogen) atoms. The maximum atomic E-state index is 11.6. The van der Waals surface area contributed by atoms with Gasteiger partial charge in [-0.15, -0.1) is 0 Å². The Morgan fingerprint density at radius 3 is 2.12 bits per heavy atom. The van der Waals surface area contributed by atoms with E-state index in [9.17, 15) is 40.9 Å². The molecule has 9 aliphatic rings. The molecule has 8 N–H and O–H groups in total. The fourth-order valence-electron chi connectivity index (χ4n) is 14.3. The van der Waals surface area contributed by atoms with Crippen molar-refractivity contribution in [3.8, 4) is 0 Å². The molecule has 4 saturated carbocycles. The van der Waals surface area contributed by atoms with Gasteiger partial charge in [-0.3, -0.25) is 0 Å². The first-order valence-electron chi connectivity index (χ1n) is 23.1. The Labute approximate surface area is 353 Å². The molecular weight excluding hydrogens is 784 g/mol. The normalized spacial score (nSPS) is 59.2. The van der Waals surface area contributed by atoms with Crippen LogP contribution in [0.2, 0.25) is 0 Å².